The highest BCUT2D eigenvalue weighted by Gasteiger charge is 2.34. The summed E-state index contributed by atoms with van der Waals surface area (Å²) in [5, 5.41) is 13.2. The Bertz CT molecular complexity index is 1160. The minimum Gasteiger partial charge on any atom is -0.626 e. The fourth-order valence-corrected chi connectivity index (χ4v) is 4.41. The van der Waals surface area contributed by atoms with E-state index in [9.17, 15) is 5.21 Å². The summed E-state index contributed by atoms with van der Waals surface area (Å²) >= 11 is 0. The molecule has 2 unspecified atom stereocenters. The van der Waals surface area contributed by atoms with Gasteiger partial charge in [0, 0.05) is 32.9 Å². The summed E-state index contributed by atoms with van der Waals surface area (Å²) in [6.07, 6.45) is -0.429. The molecule has 1 aliphatic rings. The highest BCUT2D eigenvalue weighted by atomic mass is 16.5. The molecule has 0 amide bonds. The molecule has 34 heavy (non-hydrogen) atoms. The lowest BCUT2D eigenvalue weighted by Gasteiger charge is -2.37. The van der Waals surface area contributed by atoms with Crippen LogP contribution in [-0.2, 0) is 22.6 Å². The SMILES string of the molecule is COCCN(C)Cc1cccc(C2N=C(c3ccc(-c4ccccc4C)c(COC)c3)[NH+]2[O-])c1. The van der Waals surface area contributed by atoms with Gasteiger partial charge in [0.2, 0.25) is 12.0 Å². The maximum absolute atomic E-state index is 13.1. The van der Waals surface area contributed by atoms with E-state index < -0.39 is 6.17 Å². The number of hydroxylamine groups is 2. The number of methoxy groups -OCH3 is 2. The number of nitrogens with one attached hydrogen (secondary N) is 1. The van der Waals surface area contributed by atoms with Gasteiger partial charge >= 0.3 is 0 Å². The van der Waals surface area contributed by atoms with Crippen molar-refractivity contribution in [2.45, 2.75) is 26.2 Å². The molecule has 178 valence electrons. The Morgan fingerprint density at radius 2 is 1.79 bits per heavy atom. The number of likely N-dealkylation sites (N-methyl/N-ethyl adjacent to an activating group) is 1. The zero-order chi connectivity index (χ0) is 24.1. The smallest absolute Gasteiger partial charge is 0.236 e. The van der Waals surface area contributed by atoms with E-state index in [1.807, 2.05) is 36.4 Å². The number of hydrogen-bond donors (Lipinski definition) is 1. The highest BCUT2D eigenvalue weighted by molar-refractivity contribution is 5.95. The fraction of sp³-hybridized carbons (Fsp3) is 0.321. The van der Waals surface area contributed by atoms with Crippen molar-refractivity contribution in [3.63, 3.8) is 0 Å². The summed E-state index contributed by atoms with van der Waals surface area (Å²) in [5.74, 6) is 0.543. The van der Waals surface area contributed by atoms with Crippen LogP contribution in [0, 0.1) is 12.1 Å². The van der Waals surface area contributed by atoms with Crippen LogP contribution in [0.2, 0.25) is 0 Å². The third kappa shape index (κ3) is 5.27. The summed E-state index contributed by atoms with van der Waals surface area (Å²) in [5.41, 5.74) is 7.51. The van der Waals surface area contributed by atoms with Gasteiger partial charge in [-0.05, 0) is 60.0 Å². The minimum atomic E-state index is -0.429. The number of nitrogens with zero attached hydrogens (tertiary/aromatic N) is 2. The van der Waals surface area contributed by atoms with Gasteiger partial charge < -0.3 is 14.7 Å². The summed E-state index contributed by atoms with van der Waals surface area (Å²) in [6.45, 7) is 4.93. The van der Waals surface area contributed by atoms with E-state index >= 15 is 0 Å². The van der Waals surface area contributed by atoms with Gasteiger partial charge in [0.25, 0.3) is 0 Å². The van der Waals surface area contributed by atoms with E-state index in [4.69, 9.17) is 14.5 Å². The molecule has 3 aromatic carbocycles. The van der Waals surface area contributed by atoms with Crippen LogP contribution in [0.25, 0.3) is 11.1 Å². The van der Waals surface area contributed by atoms with Crippen LogP contribution in [0.3, 0.4) is 0 Å². The highest BCUT2D eigenvalue weighted by Crippen LogP contribution is 2.29. The molecule has 2 atom stereocenters. The molecular formula is C28H33N3O3. The number of benzene rings is 3. The first-order chi connectivity index (χ1) is 16.5. The quantitative estimate of drug-likeness (QED) is 0.470. The number of aryl methyl sites for hydroxylation is 1. The molecule has 0 saturated carbocycles. The zero-order valence-corrected chi connectivity index (χ0v) is 20.4. The third-order valence-corrected chi connectivity index (χ3v) is 6.25. The van der Waals surface area contributed by atoms with Gasteiger partial charge in [-0.15, -0.1) is 0 Å². The average molecular weight is 460 g/mol. The first-order valence-electron chi connectivity index (χ1n) is 11.6. The monoisotopic (exact) mass is 459 g/mol. The van der Waals surface area contributed by atoms with Crippen molar-refractivity contribution in [3.8, 4) is 11.1 Å². The van der Waals surface area contributed by atoms with Gasteiger partial charge in [-0.1, -0.05) is 48.5 Å². The Morgan fingerprint density at radius 1 is 0.971 bits per heavy atom. The number of aliphatic imine (C=N–C) groups is 1. The number of ether oxygens (including phenoxy) is 2. The molecule has 1 aliphatic heterocycles. The Morgan fingerprint density at radius 3 is 2.53 bits per heavy atom. The van der Waals surface area contributed by atoms with Gasteiger partial charge in [0.1, 0.15) is 0 Å². The van der Waals surface area contributed by atoms with Crippen LogP contribution in [-0.4, -0.2) is 45.2 Å². The molecule has 0 bridgehead atoms. The summed E-state index contributed by atoms with van der Waals surface area (Å²) in [6, 6.07) is 22.6. The summed E-state index contributed by atoms with van der Waals surface area (Å²) in [4.78, 5) is 6.93. The molecule has 6 nitrogen and oxygen atoms in total. The van der Waals surface area contributed by atoms with Gasteiger partial charge in [-0.2, -0.15) is 4.99 Å². The largest absolute Gasteiger partial charge is 0.626 e. The minimum absolute atomic E-state index is 0.0666. The molecule has 4 rings (SSSR count). The number of quaternary nitrogens is 1. The van der Waals surface area contributed by atoms with E-state index in [1.165, 1.54) is 11.1 Å². The molecular weight excluding hydrogens is 426 g/mol. The van der Waals surface area contributed by atoms with Crippen LogP contribution >= 0.6 is 0 Å². The topological polar surface area (TPSA) is 61.6 Å². The lowest BCUT2D eigenvalue weighted by atomic mass is 9.94. The lowest BCUT2D eigenvalue weighted by molar-refractivity contribution is -0.807. The summed E-state index contributed by atoms with van der Waals surface area (Å²) in [7, 11) is 5.46. The second-order valence-corrected chi connectivity index (χ2v) is 8.84. The van der Waals surface area contributed by atoms with Crippen LogP contribution in [0.15, 0.2) is 71.7 Å². The Balaban J connectivity index is 1.56. The van der Waals surface area contributed by atoms with Crippen molar-refractivity contribution in [1.29, 1.82) is 0 Å². The third-order valence-electron chi connectivity index (χ3n) is 6.25. The lowest BCUT2D eigenvalue weighted by Crippen LogP contribution is -3.14. The van der Waals surface area contributed by atoms with Crippen LogP contribution in [0.5, 0.6) is 0 Å². The van der Waals surface area contributed by atoms with Crippen molar-refractivity contribution in [2.24, 2.45) is 4.99 Å². The number of rotatable bonds is 10. The standard InChI is InChI=1S/C28H33N3O3/c1-20-8-5-6-11-25(20)26-13-12-23(17-24(26)19-34-4)28-29-27(31(28)32)22-10-7-9-21(16-22)18-30(2)14-15-33-3/h5-13,16-17,27,31H,14-15,18-19H2,1-4H3. The molecule has 6 heteroatoms. The Hall–Kier alpha value is -2.87. The van der Waals surface area contributed by atoms with Crippen molar-refractivity contribution in [2.75, 3.05) is 34.4 Å². The van der Waals surface area contributed by atoms with Crippen LogP contribution in [0.4, 0.5) is 0 Å². The molecule has 0 fully saturated rings. The van der Waals surface area contributed by atoms with E-state index in [0.717, 1.165) is 40.9 Å². The molecule has 0 aliphatic carbocycles. The fourth-order valence-electron chi connectivity index (χ4n) is 4.41. The molecule has 0 saturated heterocycles. The zero-order valence-electron chi connectivity index (χ0n) is 20.4. The predicted octanol–water partition coefficient (Wildman–Crippen LogP) is 3.73. The maximum atomic E-state index is 13.1. The van der Waals surface area contributed by atoms with E-state index in [0.29, 0.717) is 19.0 Å². The molecule has 3 aromatic rings. The van der Waals surface area contributed by atoms with Crippen molar-refractivity contribution >= 4 is 5.84 Å². The number of hydrogen-bond acceptors (Lipinski definition) is 5. The Labute approximate surface area is 202 Å². The number of amidine groups is 1. The van der Waals surface area contributed by atoms with Gasteiger partial charge in [-0.3, -0.25) is 9.96 Å². The normalized spacial score (nSPS) is 17.5. The molecule has 0 aromatic heterocycles. The predicted molar refractivity (Wildman–Crippen MR) is 136 cm³/mol. The Kier molecular flexibility index (Phi) is 7.88. The van der Waals surface area contributed by atoms with Crippen LogP contribution in [0.1, 0.15) is 34.0 Å². The van der Waals surface area contributed by atoms with Crippen LogP contribution < -0.4 is 5.06 Å². The summed E-state index contributed by atoms with van der Waals surface area (Å²) < 4.78 is 10.6. The molecule has 1 heterocycles. The average Bonchev–Trinajstić information content (AvgIpc) is 2.83. The molecule has 0 radical (unpaired) electrons. The van der Waals surface area contributed by atoms with Crippen molar-refractivity contribution in [3.05, 3.63) is 99.8 Å². The first-order valence-corrected chi connectivity index (χ1v) is 11.6. The van der Waals surface area contributed by atoms with Crippen molar-refractivity contribution in [1.82, 2.24) is 4.90 Å². The maximum Gasteiger partial charge on any atom is 0.236 e. The van der Waals surface area contributed by atoms with Gasteiger partial charge in [0.15, 0.2) is 0 Å². The van der Waals surface area contributed by atoms with E-state index in [2.05, 4.69) is 49.2 Å². The second-order valence-electron chi connectivity index (χ2n) is 8.84. The van der Waals surface area contributed by atoms with Gasteiger partial charge in [0.05, 0.1) is 18.8 Å². The van der Waals surface area contributed by atoms with E-state index in [-0.39, 0.29) is 5.06 Å². The first kappa shape index (κ1) is 24.3. The van der Waals surface area contributed by atoms with Gasteiger partial charge in [-0.25, -0.2) is 0 Å². The van der Waals surface area contributed by atoms with Crippen molar-refractivity contribution < 1.29 is 14.5 Å². The molecule has 1 N–H and O–H groups in total. The second kappa shape index (κ2) is 11.0. The molecule has 0 spiro atoms. The van der Waals surface area contributed by atoms with E-state index in [1.54, 1.807) is 14.2 Å².